The zero-order valence-electron chi connectivity index (χ0n) is 55.7. The van der Waals surface area contributed by atoms with Crippen LogP contribution >= 0.6 is 0 Å². The Morgan fingerprint density at radius 3 is 1.62 bits per heavy atom. The molecule has 87 heavy (non-hydrogen) atoms. The van der Waals surface area contributed by atoms with Gasteiger partial charge in [-0.05, 0) is 124 Å². The van der Waals surface area contributed by atoms with Crippen LogP contribution in [0.2, 0.25) is 0 Å². The SMILES string of the molecule is CCCCCCC(C)C[C@H](NC(=O)C(C)(C)NC(=O)C(C)(C)NC(=O)[C@H](CC(C)C[C@@H](O)CC(=O)CC)NC(=O)[C@@H]1CCCN1C(=O)CCC)C(=O)N[C@@H](CC(C)C)C(=O)NC(C)(C)C(=O)N[C@@H](CC(C)C)C(=O)NCCC(=O)NC(C)CNCCO. The van der Waals surface area contributed by atoms with Crippen molar-refractivity contribution in [1.29, 1.82) is 0 Å². The van der Waals surface area contributed by atoms with Crippen LogP contribution in [0.3, 0.4) is 0 Å². The summed E-state index contributed by atoms with van der Waals surface area (Å²) < 4.78 is 0. The number of aliphatic hydroxyl groups excluding tert-OH is 2. The Bertz CT molecular complexity index is 2240. The van der Waals surface area contributed by atoms with Gasteiger partial charge in [-0.2, -0.15) is 0 Å². The lowest BCUT2D eigenvalue weighted by atomic mass is 9.92. The molecule has 9 atom stereocenters. The zero-order valence-corrected chi connectivity index (χ0v) is 55.7. The summed E-state index contributed by atoms with van der Waals surface area (Å²) in [7, 11) is 0. The molecule has 1 fully saturated rings. The third-order valence-electron chi connectivity index (χ3n) is 15.4. The molecule has 0 saturated carbocycles. The number of likely N-dealkylation sites (tertiary alicyclic amines) is 1. The van der Waals surface area contributed by atoms with Crippen molar-refractivity contribution in [3.63, 3.8) is 0 Å². The average Bonchev–Trinajstić information content (AvgIpc) is 3.31. The maximum Gasteiger partial charge on any atom is 0.246 e. The molecule has 10 amide bonds. The minimum atomic E-state index is -1.71. The van der Waals surface area contributed by atoms with Crippen LogP contribution in [0.1, 0.15) is 220 Å². The van der Waals surface area contributed by atoms with E-state index in [0.29, 0.717) is 38.9 Å². The van der Waals surface area contributed by atoms with Crippen LogP contribution in [-0.4, -0.2) is 172 Å². The van der Waals surface area contributed by atoms with Gasteiger partial charge < -0.3 is 68.3 Å². The number of Topliss-reactive ketones (excluding diaryl/α,β-unsaturated/α-hetero) is 1. The van der Waals surface area contributed by atoms with Crippen LogP contribution in [0, 0.1) is 23.7 Å². The summed E-state index contributed by atoms with van der Waals surface area (Å²) in [6, 6.07) is -5.68. The average molecular weight is 1230 g/mol. The van der Waals surface area contributed by atoms with Gasteiger partial charge in [-0.15, -0.1) is 0 Å². The molecule has 0 aromatic carbocycles. The summed E-state index contributed by atoms with van der Waals surface area (Å²) in [5.41, 5.74) is -5.03. The van der Waals surface area contributed by atoms with Gasteiger partial charge in [0.25, 0.3) is 0 Å². The number of nitrogens with zero attached hydrogens (tertiary/aromatic N) is 1. The van der Waals surface area contributed by atoms with Gasteiger partial charge in [-0.25, -0.2) is 0 Å². The third kappa shape index (κ3) is 30.3. The number of hydrogen-bond acceptors (Lipinski definition) is 14. The van der Waals surface area contributed by atoms with Crippen LogP contribution in [0.4, 0.5) is 0 Å². The van der Waals surface area contributed by atoms with Crippen molar-refractivity contribution in [3.05, 3.63) is 0 Å². The van der Waals surface area contributed by atoms with Gasteiger partial charge >= 0.3 is 0 Å². The van der Waals surface area contributed by atoms with Crippen molar-refractivity contribution < 1.29 is 63.0 Å². The zero-order chi connectivity index (χ0) is 66.4. The van der Waals surface area contributed by atoms with E-state index in [1.807, 2.05) is 41.5 Å². The van der Waals surface area contributed by atoms with Crippen LogP contribution in [0.25, 0.3) is 0 Å². The minimum absolute atomic E-state index is 0.000749. The topological polar surface area (TPSA) is 352 Å². The second-order valence-electron chi connectivity index (χ2n) is 26.7. The molecule has 1 heterocycles. The van der Waals surface area contributed by atoms with Crippen molar-refractivity contribution in [1.82, 2.24) is 58.1 Å². The highest BCUT2D eigenvalue weighted by atomic mass is 16.3. The summed E-state index contributed by atoms with van der Waals surface area (Å²) in [4.78, 5) is 152. The fourth-order valence-electron chi connectivity index (χ4n) is 10.3. The molecule has 0 radical (unpaired) electrons. The molecule has 0 aliphatic carbocycles. The summed E-state index contributed by atoms with van der Waals surface area (Å²) in [6.45, 7) is 28.5. The van der Waals surface area contributed by atoms with E-state index in [-0.39, 0.29) is 112 Å². The first-order valence-electron chi connectivity index (χ1n) is 32.1. The van der Waals surface area contributed by atoms with Crippen molar-refractivity contribution in [2.75, 3.05) is 32.8 Å². The summed E-state index contributed by atoms with van der Waals surface area (Å²) in [6.07, 6.45) is 6.33. The predicted octanol–water partition coefficient (Wildman–Crippen LogP) is 3.23. The number of nitrogens with one attached hydrogen (secondary N) is 10. The Hall–Kier alpha value is -5.75. The van der Waals surface area contributed by atoms with Crippen molar-refractivity contribution >= 4 is 64.9 Å². The molecule has 0 spiro atoms. The number of carbonyl (C=O) groups excluding carboxylic acids is 11. The summed E-state index contributed by atoms with van der Waals surface area (Å²) >= 11 is 0. The van der Waals surface area contributed by atoms with Gasteiger partial charge in [0.05, 0.1) is 12.7 Å². The lowest BCUT2D eigenvalue weighted by Crippen LogP contribution is -2.66. The number of aliphatic hydroxyl groups is 2. The monoisotopic (exact) mass is 1230 g/mol. The first-order valence-corrected chi connectivity index (χ1v) is 32.1. The molecule has 12 N–H and O–H groups in total. The van der Waals surface area contributed by atoms with Crippen LogP contribution in [0.15, 0.2) is 0 Å². The first kappa shape index (κ1) is 79.3. The third-order valence-corrected chi connectivity index (χ3v) is 15.4. The molecule has 24 heteroatoms. The summed E-state index contributed by atoms with van der Waals surface area (Å²) in [5.74, 6) is -6.63. The largest absolute Gasteiger partial charge is 0.395 e. The molecule has 0 bridgehead atoms. The van der Waals surface area contributed by atoms with E-state index in [1.54, 1.807) is 20.8 Å². The van der Waals surface area contributed by atoms with Gasteiger partial charge in [-0.3, -0.25) is 52.7 Å². The Labute approximate surface area is 519 Å². The molecule has 3 unspecified atom stereocenters. The van der Waals surface area contributed by atoms with Crippen molar-refractivity contribution in [3.8, 4) is 0 Å². The lowest BCUT2D eigenvalue weighted by molar-refractivity contribution is -0.141. The normalized spacial score (nSPS) is 16.5. The van der Waals surface area contributed by atoms with E-state index < -0.39 is 106 Å². The number of amides is 10. The highest BCUT2D eigenvalue weighted by Crippen LogP contribution is 2.23. The fourth-order valence-corrected chi connectivity index (χ4v) is 10.3. The molecule has 500 valence electrons. The van der Waals surface area contributed by atoms with Gasteiger partial charge in [0.15, 0.2) is 0 Å². The molecule has 1 aliphatic heterocycles. The van der Waals surface area contributed by atoms with Gasteiger partial charge in [0, 0.05) is 57.9 Å². The van der Waals surface area contributed by atoms with E-state index >= 15 is 0 Å². The molecule has 0 aromatic heterocycles. The number of rotatable bonds is 43. The number of unbranched alkanes of at least 4 members (excludes halogenated alkanes) is 3. The Balaban J connectivity index is 3.42. The Morgan fingerprint density at radius 1 is 0.552 bits per heavy atom. The predicted molar refractivity (Wildman–Crippen MR) is 335 cm³/mol. The molecular formula is C63H115N11O13. The fraction of sp³-hybridized carbons (Fsp3) is 0.825. The van der Waals surface area contributed by atoms with E-state index in [1.165, 1.54) is 46.4 Å². The smallest absolute Gasteiger partial charge is 0.246 e. The Morgan fingerprint density at radius 2 is 1.08 bits per heavy atom. The van der Waals surface area contributed by atoms with Crippen molar-refractivity contribution in [2.45, 2.75) is 279 Å². The van der Waals surface area contributed by atoms with Crippen LogP contribution in [0.5, 0.6) is 0 Å². The van der Waals surface area contributed by atoms with Crippen LogP contribution in [-0.2, 0) is 52.7 Å². The molecule has 1 aliphatic rings. The van der Waals surface area contributed by atoms with Gasteiger partial charge in [-0.1, -0.05) is 94.4 Å². The van der Waals surface area contributed by atoms with Gasteiger partial charge in [0.1, 0.15) is 52.6 Å². The maximum absolute atomic E-state index is 14.6. The summed E-state index contributed by atoms with van der Waals surface area (Å²) in [5, 5.41) is 47.8. The Kier molecular flexibility index (Phi) is 35.8. The standard InChI is InChI=1S/C63H115N11O13/c1-17-20-21-22-25-41(8)35-48(54(81)67-47(33-40(6)7)55(82)71-61(11,12)58(85)69-46(32-39(4)5)53(80)65-28-27-51(78)66-43(10)38-64-29-31-75)70-59(86)62(13,14)73-60(87)63(15,16)72-56(83)49(36-42(9)34-45(77)37-44(76)19-3)68-57(84)50-26-23-30-74(50)52(79)24-18-2/h39-43,45-50,64,75,77H,17-38H2,1-16H3,(H,65,80)(H,66,78)(H,67,81)(H,68,84)(H,69,85)(H,70,86)(H,71,82)(H,72,83)(H,73,87)/t41?,42?,43?,45-,46+,47+,48+,49+,50+/m1/s1. The second-order valence-corrected chi connectivity index (χ2v) is 26.7. The van der Waals surface area contributed by atoms with Crippen LogP contribution < -0.4 is 53.2 Å². The molecular weight excluding hydrogens is 1120 g/mol. The highest BCUT2D eigenvalue weighted by Gasteiger charge is 2.42. The lowest BCUT2D eigenvalue weighted by Gasteiger charge is -2.35. The number of carbonyl (C=O) groups is 11. The molecule has 24 nitrogen and oxygen atoms in total. The van der Waals surface area contributed by atoms with E-state index in [4.69, 9.17) is 5.11 Å². The van der Waals surface area contributed by atoms with E-state index in [0.717, 1.165) is 32.1 Å². The molecule has 0 aromatic rings. The maximum atomic E-state index is 14.6. The quantitative estimate of drug-likeness (QED) is 0.0390. The number of ketones is 1. The number of hydrogen-bond donors (Lipinski definition) is 12. The van der Waals surface area contributed by atoms with E-state index in [2.05, 4.69) is 60.1 Å². The van der Waals surface area contributed by atoms with Gasteiger partial charge in [0.2, 0.25) is 59.1 Å². The second kappa shape index (κ2) is 39.3. The van der Waals surface area contributed by atoms with Crippen molar-refractivity contribution in [2.24, 2.45) is 23.7 Å². The minimum Gasteiger partial charge on any atom is -0.395 e. The van der Waals surface area contributed by atoms with E-state index in [9.17, 15) is 57.8 Å². The molecule has 1 saturated heterocycles. The first-order chi connectivity index (χ1) is 40.5. The highest BCUT2D eigenvalue weighted by molar-refractivity contribution is 6.00. The molecule has 1 rings (SSSR count).